The third kappa shape index (κ3) is 6.48. The lowest BCUT2D eigenvalue weighted by atomic mass is 10.3. The number of aliphatic hydroxyl groups is 1. The number of nitrogens with one attached hydrogen (secondary N) is 1. The maximum atomic E-state index is 12.2. The first kappa shape index (κ1) is 14.2. The van der Waals surface area contributed by atoms with Crippen LogP contribution in [0.2, 0.25) is 0 Å². The third-order valence-corrected chi connectivity index (χ3v) is 2.44. The Kier molecular flexibility index (Phi) is 5.20. The lowest BCUT2D eigenvalue weighted by molar-refractivity contribution is -0.161. The Morgan fingerprint density at radius 2 is 2.06 bits per heavy atom. The molecule has 0 heterocycles. The highest BCUT2D eigenvalue weighted by atomic mass is 19.4. The van der Waals surface area contributed by atoms with Crippen LogP contribution < -0.4 is 5.32 Å². The van der Waals surface area contributed by atoms with E-state index < -0.39 is 25.2 Å². The van der Waals surface area contributed by atoms with Crippen molar-refractivity contribution in [3.8, 4) is 0 Å². The van der Waals surface area contributed by atoms with E-state index in [2.05, 4.69) is 5.32 Å². The number of hydrogen-bond acceptors (Lipinski definition) is 3. The molecule has 1 aliphatic carbocycles. The van der Waals surface area contributed by atoms with Gasteiger partial charge in [-0.05, 0) is 12.8 Å². The number of rotatable bonds is 7. The Balaban J connectivity index is 2.30. The van der Waals surface area contributed by atoms with Crippen molar-refractivity contribution in [1.82, 2.24) is 10.2 Å². The van der Waals surface area contributed by atoms with Crippen LogP contribution in [0.4, 0.5) is 13.2 Å². The fraction of sp³-hybridized carbons (Fsp3) is 0.900. The number of carbonyl (C=O) groups is 1. The molecule has 0 atom stereocenters. The summed E-state index contributed by atoms with van der Waals surface area (Å²) in [7, 11) is 0. The van der Waals surface area contributed by atoms with Gasteiger partial charge in [0.1, 0.15) is 6.54 Å². The highest BCUT2D eigenvalue weighted by Crippen LogP contribution is 2.19. The molecule has 1 rings (SSSR count). The molecule has 0 radical (unpaired) electrons. The Hall–Kier alpha value is -0.820. The highest BCUT2D eigenvalue weighted by Gasteiger charge is 2.32. The summed E-state index contributed by atoms with van der Waals surface area (Å²) >= 11 is 0. The van der Waals surface area contributed by atoms with Gasteiger partial charge >= 0.3 is 6.18 Å². The molecule has 1 saturated carbocycles. The predicted molar refractivity (Wildman–Crippen MR) is 55.4 cm³/mol. The molecule has 4 nitrogen and oxygen atoms in total. The summed E-state index contributed by atoms with van der Waals surface area (Å²) in [6, 6.07) is 0.428. The van der Waals surface area contributed by atoms with Gasteiger partial charge in [0.25, 0.3) is 0 Å². The van der Waals surface area contributed by atoms with Crippen LogP contribution in [0.3, 0.4) is 0 Å². The van der Waals surface area contributed by atoms with Gasteiger partial charge in [0, 0.05) is 25.6 Å². The second-order valence-electron chi connectivity index (χ2n) is 4.13. The molecule has 0 saturated heterocycles. The van der Waals surface area contributed by atoms with Gasteiger partial charge in [-0.1, -0.05) is 0 Å². The second kappa shape index (κ2) is 6.20. The summed E-state index contributed by atoms with van der Waals surface area (Å²) in [6.07, 6.45) is -2.25. The lowest BCUT2D eigenvalue weighted by Crippen LogP contribution is -2.41. The van der Waals surface area contributed by atoms with Crippen LogP contribution >= 0.6 is 0 Å². The predicted octanol–water partition coefficient (Wildman–Crippen LogP) is 0.512. The van der Waals surface area contributed by atoms with Crippen LogP contribution in [0.5, 0.6) is 0 Å². The maximum Gasteiger partial charge on any atom is 0.406 e. The maximum absolute atomic E-state index is 12.2. The minimum Gasteiger partial charge on any atom is -0.395 e. The largest absolute Gasteiger partial charge is 0.406 e. The molecule has 0 bridgehead atoms. The van der Waals surface area contributed by atoms with Crippen LogP contribution in [0, 0.1) is 0 Å². The van der Waals surface area contributed by atoms with E-state index in [9.17, 15) is 18.0 Å². The molecule has 7 heteroatoms. The van der Waals surface area contributed by atoms with E-state index >= 15 is 0 Å². The zero-order chi connectivity index (χ0) is 12.9. The van der Waals surface area contributed by atoms with Crippen LogP contribution in [0.1, 0.15) is 19.3 Å². The molecule has 0 aromatic heterocycles. The van der Waals surface area contributed by atoms with Crippen molar-refractivity contribution in [2.45, 2.75) is 31.5 Å². The number of aliphatic hydroxyl groups excluding tert-OH is 1. The zero-order valence-electron chi connectivity index (χ0n) is 9.46. The first-order chi connectivity index (χ1) is 7.92. The first-order valence-electron chi connectivity index (χ1n) is 5.61. The van der Waals surface area contributed by atoms with Crippen molar-refractivity contribution in [2.75, 3.05) is 26.2 Å². The zero-order valence-corrected chi connectivity index (χ0v) is 9.46. The van der Waals surface area contributed by atoms with E-state index in [1.165, 1.54) is 0 Å². The normalized spacial score (nSPS) is 16.0. The van der Waals surface area contributed by atoms with Crippen LogP contribution in [-0.2, 0) is 4.79 Å². The average Bonchev–Trinajstić information content (AvgIpc) is 2.99. The molecule has 17 heavy (non-hydrogen) atoms. The minimum absolute atomic E-state index is 0.0343. The molecule has 1 aliphatic rings. The Bertz CT molecular complexity index is 254. The Labute approximate surface area is 97.8 Å². The smallest absolute Gasteiger partial charge is 0.395 e. The second-order valence-corrected chi connectivity index (χ2v) is 4.13. The number of hydrogen-bond donors (Lipinski definition) is 2. The molecule has 1 fully saturated rings. The number of halogens is 3. The molecule has 0 aliphatic heterocycles. The van der Waals surface area contributed by atoms with Crippen molar-refractivity contribution in [3.05, 3.63) is 0 Å². The average molecular weight is 254 g/mol. The Morgan fingerprint density at radius 1 is 1.41 bits per heavy atom. The number of amides is 1. The molecule has 100 valence electrons. The summed E-state index contributed by atoms with van der Waals surface area (Å²) in [5.41, 5.74) is 0. The number of alkyl halides is 3. The van der Waals surface area contributed by atoms with Crippen LogP contribution in [0.25, 0.3) is 0 Å². The molecule has 2 N–H and O–H groups in total. The fourth-order valence-electron chi connectivity index (χ4n) is 1.46. The number of nitrogens with zero attached hydrogens (tertiary/aromatic N) is 1. The molecule has 0 spiro atoms. The van der Waals surface area contributed by atoms with Crippen molar-refractivity contribution in [3.63, 3.8) is 0 Å². The van der Waals surface area contributed by atoms with Gasteiger partial charge in [-0.2, -0.15) is 13.2 Å². The quantitative estimate of drug-likeness (QED) is 0.696. The standard InChI is InChI=1S/C10H17F3N2O2/c11-10(12,13)7-15(5-6-16)9(17)3-4-14-8-1-2-8/h8,14,16H,1-7H2. The summed E-state index contributed by atoms with van der Waals surface area (Å²) in [4.78, 5) is 12.1. The molecule has 0 aromatic carbocycles. The summed E-state index contributed by atoms with van der Waals surface area (Å²) < 4.78 is 36.5. The van der Waals surface area contributed by atoms with Gasteiger partial charge in [0.2, 0.25) is 5.91 Å². The topological polar surface area (TPSA) is 52.6 Å². The van der Waals surface area contributed by atoms with Crippen molar-refractivity contribution >= 4 is 5.91 Å². The van der Waals surface area contributed by atoms with E-state index in [1.54, 1.807) is 0 Å². The Morgan fingerprint density at radius 3 is 2.53 bits per heavy atom. The fourth-order valence-corrected chi connectivity index (χ4v) is 1.46. The van der Waals surface area contributed by atoms with Crippen LogP contribution in [0.15, 0.2) is 0 Å². The van der Waals surface area contributed by atoms with E-state index in [-0.39, 0.29) is 13.0 Å². The first-order valence-corrected chi connectivity index (χ1v) is 5.61. The van der Waals surface area contributed by atoms with E-state index in [1.807, 2.05) is 0 Å². The van der Waals surface area contributed by atoms with E-state index in [4.69, 9.17) is 5.11 Å². The van der Waals surface area contributed by atoms with Crippen molar-refractivity contribution < 1.29 is 23.1 Å². The lowest BCUT2D eigenvalue weighted by Gasteiger charge is -2.23. The van der Waals surface area contributed by atoms with Gasteiger partial charge < -0.3 is 15.3 Å². The van der Waals surface area contributed by atoms with Crippen molar-refractivity contribution in [2.24, 2.45) is 0 Å². The summed E-state index contributed by atoms with van der Waals surface area (Å²) in [6.45, 7) is -1.64. The van der Waals surface area contributed by atoms with Gasteiger partial charge in [0.15, 0.2) is 0 Å². The summed E-state index contributed by atoms with van der Waals surface area (Å²) in [5.74, 6) is -0.579. The molecule has 0 aromatic rings. The van der Waals surface area contributed by atoms with Gasteiger partial charge in [-0.15, -0.1) is 0 Å². The number of carbonyl (C=O) groups excluding carboxylic acids is 1. The summed E-state index contributed by atoms with van der Waals surface area (Å²) in [5, 5.41) is 11.7. The van der Waals surface area contributed by atoms with Crippen LogP contribution in [-0.4, -0.2) is 54.4 Å². The van der Waals surface area contributed by atoms with Gasteiger partial charge in [-0.3, -0.25) is 4.79 Å². The SMILES string of the molecule is O=C(CCNC1CC1)N(CCO)CC(F)(F)F. The molecular weight excluding hydrogens is 237 g/mol. The third-order valence-electron chi connectivity index (χ3n) is 2.44. The molecule has 0 unspecified atom stereocenters. The van der Waals surface area contributed by atoms with E-state index in [0.29, 0.717) is 17.5 Å². The molecular formula is C10H17F3N2O2. The highest BCUT2D eigenvalue weighted by molar-refractivity contribution is 5.76. The van der Waals surface area contributed by atoms with Gasteiger partial charge in [0.05, 0.1) is 6.61 Å². The monoisotopic (exact) mass is 254 g/mol. The van der Waals surface area contributed by atoms with Crippen molar-refractivity contribution in [1.29, 1.82) is 0 Å². The molecule has 1 amide bonds. The van der Waals surface area contributed by atoms with E-state index in [0.717, 1.165) is 12.8 Å². The van der Waals surface area contributed by atoms with Gasteiger partial charge in [-0.25, -0.2) is 0 Å². The minimum atomic E-state index is -4.42.